The largest absolute Gasteiger partial charge is 0.481 e. The fourth-order valence-corrected chi connectivity index (χ4v) is 1.57. The number of ether oxygens (including phenoxy) is 1. The average molecular weight is 281 g/mol. The summed E-state index contributed by atoms with van der Waals surface area (Å²) < 4.78 is 9.70. The van der Waals surface area contributed by atoms with E-state index in [-0.39, 0.29) is 6.61 Å². The third kappa shape index (κ3) is 2.33. The van der Waals surface area contributed by atoms with Crippen molar-refractivity contribution < 1.29 is 13.4 Å². The maximum Gasteiger partial charge on any atom is 0.355 e. The molecule has 2 aromatic rings. The van der Waals surface area contributed by atoms with Gasteiger partial charge in [0.15, 0.2) is 22.9 Å². The maximum atomic E-state index is 10.9. The Morgan fingerprint density at radius 3 is 2.69 bits per heavy atom. The molecule has 0 heterocycles. The smallest absolute Gasteiger partial charge is 0.355 e. The fraction of sp³-hybridized carbons (Fsp3) is 0.0833. The van der Waals surface area contributed by atoms with Gasteiger partial charge >= 0.3 is 5.97 Å². The van der Waals surface area contributed by atoms with Crippen LogP contribution in [0, 0.1) is 0 Å². The third-order valence-electron chi connectivity index (χ3n) is 2.18. The Labute approximate surface area is 101 Å². The van der Waals surface area contributed by atoms with Crippen molar-refractivity contribution in [1.29, 1.82) is 0 Å². The molecule has 0 fully saturated rings. The molecule has 0 bridgehead atoms. The van der Waals surface area contributed by atoms with Gasteiger partial charge in [0.1, 0.15) is 5.75 Å². The zero-order valence-corrected chi connectivity index (χ0v) is 9.94. The van der Waals surface area contributed by atoms with Gasteiger partial charge in [0.2, 0.25) is 0 Å². The number of carbonyl (C=O) groups excluding carboxylic acids is 1. The number of rotatable bonds is 3. The zero-order chi connectivity index (χ0) is 11.4. The Bertz CT molecular complexity index is 505. The summed E-state index contributed by atoms with van der Waals surface area (Å²) in [4.78, 5) is 10.9. The summed E-state index contributed by atoms with van der Waals surface area (Å²) in [6, 6.07) is 13.5. The third-order valence-corrected chi connectivity index (χ3v) is 2.54. The van der Waals surface area contributed by atoms with Crippen LogP contribution in [-0.4, -0.2) is 12.6 Å². The zero-order valence-electron chi connectivity index (χ0n) is 8.35. The van der Waals surface area contributed by atoms with Gasteiger partial charge in [0.05, 0.1) is 0 Å². The minimum absolute atomic E-state index is 0.112. The lowest BCUT2D eigenvalue weighted by molar-refractivity contribution is -0.134. The van der Waals surface area contributed by atoms with Crippen molar-refractivity contribution in [3.8, 4) is 5.75 Å². The van der Waals surface area contributed by atoms with Gasteiger partial charge in [-0.05, 0) is 11.5 Å². The summed E-state index contributed by atoms with van der Waals surface area (Å²) in [5.41, 5.74) is 0. The molecular formula is C12H9BrO3. The normalized spacial score (nSPS) is 10.1. The first-order valence-electron chi connectivity index (χ1n) is 4.73. The quantitative estimate of drug-likeness (QED) is 0.867. The van der Waals surface area contributed by atoms with Crippen molar-refractivity contribution in [2.75, 3.05) is 6.61 Å². The number of hydrogen-bond acceptors (Lipinski definition) is 3. The number of hydrogen-bond donors (Lipinski definition) is 0. The minimum Gasteiger partial charge on any atom is -0.481 e. The molecule has 82 valence electrons. The molecule has 0 N–H and O–H groups in total. The molecule has 0 saturated carbocycles. The van der Waals surface area contributed by atoms with Crippen LogP contribution in [0.2, 0.25) is 0 Å². The van der Waals surface area contributed by atoms with E-state index in [2.05, 4.69) is 20.1 Å². The van der Waals surface area contributed by atoms with Crippen LogP contribution in [0.15, 0.2) is 42.5 Å². The summed E-state index contributed by atoms with van der Waals surface area (Å²) >= 11 is 2.61. The summed E-state index contributed by atoms with van der Waals surface area (Å²) in [5, 5.41) is 2.06. The molecule has 2 aromatic carbocycles. The highest BCUT2D eigenvalue weighted by atomic mass is 79.9. The minimum atomic E-state index is -0.465. The van der Waals surface area contributed by atoms with E-state index in [1.165, 1.54) is 0 Å². The van der Waals surface area contributed by atoms with Crippen LogP contribution in [0.4, 0.5) is 0 Å². The molecule has 0 aliphatic rings. The van der Waals surface area contributed by atoms with Crippen LogP contribution in [-0.2, 0) is 8.62 Å². The van der Waals surface area contributed by atoms with Crippen molar-refractivity contribution in [2.45, 2.75) is 0 Å². The first-order chi connectivity index (χ1) is 7.81. The van der Waals surface area contributed by atoms with Crippen LogP contribution in [0.25, 0.3) is 10.8 Å². The Balaban J connectivity index is 2.27. The number of carbonyl (C=O) groups is 1. The van der Waals surface area contributed by atoms with Crippen molar-refractivity contribution >= 4 is 33.0 Å². The van der Waals surface area contributed by atoms with Gasteiger partial charge < -0.3 is 8.57 Å². The lowest BCUT2D eigenvalue weighted by atomic mass is 10.1. The van der Waals surface area contributed by atoms with Crippen LogP contribution < -0.4 is 4.74 Å². The Morgan fingerprint density at radius 2 is 1.88 bits per heavy atom. The second kappa shape index (κ2) is 4.99. The SMILES string of the molecule is O=C(COc1cccc2ccccc12)OBr. The summed E-state index contributed by atoms with van der Waals surface area (Å²) in [7, 11) is 0. The van der Waals surface area contributed by atoms with Crippen molar-refractivity contribution in [1.82, 2.24) is 0 Å². The van der Waals surface area contributed by atoms with Crippen molar-refractivity contribution in [3.05, 3.63) is 42.5 Å². The lowest BCUT2D eigenvalue weighted by Gasteiger charge is -2.07. The Hall–Kier alpha value is -1.55. The molecule has 0 saturated heterocycles. The Morgan fingerprint density at radius 1 is 1.12 bits per heavy atom. The van der Waals surface area contributed by atoms with Crippen LogP contribution in [0.5, 0.6) is 5.75 Å². The standard InChI is InChI=1S/C12H9BrO3/c13-16-12(14)8-15-11-7-3-5-9-4-1-2-6-10(9)11/h1-7H,8H2. The molecule has 4 heteroatoms. The molecule has 0 spiro atoms. The first kappa shape index (κ1) is 11.0. The molecule has 0 radical (unpaired) electrons. The van der Waals surface area contributed by atoms with Crippen LogP contribution >= 0.6 is 16.3 Å². The average Bonchev–Trinajstić information content (AvgIpc) is 2.35. The number of halogens is 1. The fourth-order valence-electron chi connectivity index (χ4n) is 1.48. The van der Waals surface area contributed by atoms with E-state index in [1.807, 2.05) is 42.5 Å². The molecule has 0 aliphatic heterocycles. The highest BCUT2D eigenvalue weighted by Crippen LogP contribution is 2.24. The molecule has 0 atom stereocenters. The first-order valence-corrected chi connectivity index (χ1v) is 5.38. The molecule has 16 heavy (non-hydrogen) atoms. The molecule has 0 aliphatic carbocycles. The van der Waals surface area contributed by atoms with E-state index in [0.717, 1.165) is 10.8 Å². The van der Waals surface area contributed by atoms with Gasteiger partial charge in [0.25, 0.3) is 0 Å². The lowest BCUT2D eigenvalue weighted by Crippen LogP contribution is -2.10. The van der Waals surface area contributed by atoms with Gasteiger partial charge in [0, 0.05) is 5.39 Å². The molecule has 0 unspecified atom stereocenters. The van der Waals surface area contributed by atoms with E-state index >= 15 is 0 Å². The highest BCUT2D eigenvalue weighted by molar-refractivity contribution is 9.06. The van der Waals surface area contributed by atoms with Gasteiger partial charge in [-0.15, -0.1) is 0 Å². The highest BCUT2D eigenvalue weighted by Gasteiger charge is 2.05. The van der Waals surface area contributed by atoms with E-state index < -0.39 is 5.97 Å². The summed E-state index contributed by atoms with van der Waals surface area (Å²) in [5.74, 6) is 0.212. The van der Waals surface area contributed by atoms with Crippen LogP contribution in [0.3, 0.4) is 0 Å². The predicted octanol–water partition coefficient (Wildman–Crippen LogP) is 3.07. The van der Waals surface area contributed by atoms with Crippen molar-refractivity contribution in [3.63, 3.8) is 0 Å². The van der Waals surface area contributed by atoms with Gasteiger partial charge in [-0.1, -0.05) is 36.4 Å². The topological polar surface area (TPSA) is 35.5 Å². The number of fused-ring (bicyclic) bond motifs is 1. The second-order valence-electron chi connectivity index (χ2n) is 3.22. The van der Waals surface area contributed by atoms with Gasteiger partial charge in [-0.2, -0.15) is 0 Å². The molecule has 0 aromatic heterocycles. The molecule has 0 amide bonds. The van der Waals surface area contributed by atoms with Gasteiger partial charge in [-0.3, -0.25) is 0 Å². The predicted molar refractivity (Wildman–Crippen MR) is 64.5 cm³/mol. The van der Waals surface area contributed by atoms with Crippen LogP contribution in [0.1, 0.15) is 0 Å². The van der Waals surface area contributed by atoms with E-state index in [9.17, 15) is 4.79 Å². The van der Waals surface area contributed by atoms with E-state index in [0.29, 0.717) is 5.75 Å². The Kier molecular flexibility index (Phi) is 3.41. The maximum absolute atomic E-state index is 10.9. The molecule has 2 rings (SSSR count). The van der Waals surface area contributed by atoms with E-state index in [1.54, 1.807) is 0 Å². The summed E-state index contributed by atoms with van der Waals surface area (Å²) in [6.45, 7) is -0.112. The van der Waals surface area contributed by atoms with E-state index in [4.69, 9.17) is 4.74 Å². The van der Waals surface area contributed by atoms with Crippen molar-refractivity contribution in [2.24, 2.45) is 0 Å². The van der Waals surface area contributed by atoms with Gasteiger partial charge in [-0.25, -0.2) is 4.79 Å². The molecule has 3 nitrogen and oxygen atoms in total. The molecular weight excluding hydrogens is 272 g/mol. The monoisotopic (exact) mass is 280 g/mol. The number of benzene rings is 2. The summed E-state index contributed by atoms with van der Waals surface area (Å²) in [6.07, 6.45) is 0. The second-order valence-corrected chi connectivity index (χ2v) is 3.54.